The van der Waals surface area contributed by atoms with Crippen LogP contribution in [0.15, 0.2) is 23.2 Å². The minimum absolute atomic E-state index is 0.0607. The minimum atomic E-state index is -0.0607. The van der Waals surface area contributed by atoms with Gasteiger partial charge < -0.3 is 15.5 Å². The van der Waals surface area contributed by atoms with Gasteiger partial charge in [-0.05, 0) is 44.4 Å². The number of amides is 1. The second-order valence-electron chi connectivity index (χ2n) is 5.81. The molecule has 1 amide bonds. The number of benzene rings is 1. The lowest BCUT2D eigenvalue weighted by Gasteiger charge is -2.20. The number of carbonyl (C=O) groups is 1. The van der Waals surface area contributed by atoms with E-state index in [1.807, 2.05) is 30.9 Å². The average molecular weight is 371 g/mol. The highest BCUT2D eigenvalue weighted by Gasteiger charge is 2.18. The Morgan fingerprint density at radius 3 is 2.67 bits per heavy atom. The summed E-state index contributed by atoms with van der Waals surface area (Å²) in [6.45, 7) is 6.52. The Labute approximate surface area is 153 Å². The van der Waals surface area contributed by atoms with E-state index < -0.39 is 0 Å². The molecule has 1 aromatic rings. The molecule has 1 heterocycles. The maximum Gasteiger partial charge on any atom is 0.244 e. The zero-order valence-corrected chi connectivity index (χ0v) is 15.6. The van der Waals surface area contributed by atoms with Gasteiger partial charge in [-0.2, -0.15) is 0 Å². The lowest BCUT2D eigenvalue weighted by Crippen LogP contribution is -2.40. The third-order valence-corrected chi connectivity index (χ3v) is 4.52. The van der Waals surface area contributed by atoms with E-state index in [1.165, 1.54) is 0 Å². The van der Waals surface area contributed by atoms with E-state index in [1.54, 1.807) is 6.07 Å². The van der Waals surface area contributed by atoms with E-state index in [4.69, 9.17) is 23.2 Å². The summed E-state index contributed by atoms with van der Waals surface area (Å²) >= 11 is 12.2. The SMILES string of the molecule is CCNC(=NCC(=O)N1CCCC1)NC(C)c1ccc(Cl)cc1Cl. The molecule has 7 heteroatoms. The third kappa shape index (κ3) is 5.28. The Morgan fingerprint density at radius 2 is 2.04 bits per heavy atom. The van der Waals surface area contributed by atoms with Gasteiger partial charge in [0.25, 0.3) is 0 Å². The third-order valence-electron chi connectivity index (χ3n) is 3.96. The lowest BCUT2D eigenvalue weighted by molar-refractivity contribution is -0.128. The van der Waals surface area contributed by atoms with Gasteiger partial charge in [0, 0.05) is 29.7 Å². The summed E-state index contributed by atoms with van der Waals surface area (Å²) in [6.07, 6.45) is 2.17. The fraction of sp³-hybridized carbons (Fsp3) is 0.529. The molecule has 1 aromatic carbocycles. The van der Waals surface area contributed by atoms with Gasteiger partial charge in [-0.15, -0.1) is 0 Å². The van der Waals surface area contributed by atoms with Crippen LogP contribution in [0.1, 0.15) is 38.3 Å². The summed E-state index contributed by atoms with van der Waals surface area (Å²) in [4.78, 5) is 18.4. The van der Waals surface area contributed by atoms with Crippen molar-refractivity contribution in [1.29, 1.82) is 0 Å². The molecule has 0 saturated carbocycles. The first-order chi connectivity index (χ1) is 11.5. The van der Waals surface area contributed by atoms with Gasteiger partial charge in [-0.25, -0.2) is 4.99 Å². The molecule has 1 unspecified atom stereocenters. The van der Waals surface area contributed by atoms with Gasteiger partial charge in [0.15, 0.2) is 5.96 Å². The van der Waals surface area contributed by atoms with Crippen molar-refractivity contribution in [2.75, 3.05) is 26.2 Å². The Morgan fingerprint density at radius 1 is 1.33 bits per heavy atom. The van der Waals surface area contributed by atoms with Crippen LogP contribution in [-0.4, -0.2) is 42.9 Å². The largest absolute Gasteiger partial charge is 0.357 e. The topological polar surface area (TPSA) is 56.7 Å². The Kier molecular flexibility index (Phi) is 7.18. The van der Waals surface area contributed by atoms with Gasteiger partial charge in [0.05, 0.1) is 6.04 Å². The second kappa shape index (κ2) is 9.14. The van der Waals surface area contributed by atoms with Gasteiger partial charge in [0.2, 0.25) is 5.91 Å². The van der Waals surface area contributed by atoms with Crippen molar-refractivity contribution in [2.45, 2.75) is 32.7 Å². The zero-order valence-electron chi connectivity index (χ0n) is 14.1. The molecular weight excluding hydrogens is 347 g/mol. The number of likely N-dealkylation sites (tertiary alicyclic amines) is 1. The van der Waals surface area contributed by atoms with Crippen LogP contribution in [0.25, 0.3) is 0 Å². The molecule has 1 aliphatic heterocycles. The number of nitrogens with zero attached hydrogens (tertiary/aromatic N) is 2. The number of halogens is 2. The highest BCUT2D eigenvalue weighted by Crippen LogP contribution is 2.25. The van der Waals surface area contributed by atoms with E-state index in [-0.39, 0.29) is 18.5 Å². The molecule has 5 nitrogen and oxygen atoms in total. The van der Waals surface area contributed by atoms with E-state index in [0.717, 1.165) is 31.5 Å². The molecule has 0 spiro atoms. The normalized spacial score (nSPS) is 16.2. The molecule has 1 saturated heterocycles. The van der Waals surface area contributed by atoms with Crippen molar-refractivity contribution >= 4 is 35.1 Å². The van der Waals surface area contributed by atoms with Crippen molar-refractivity contribution in [3.05, 3.63) is 33.8 Å². The first-order valence-corrected chi connectivity index (χ1v) is 9.04. The van der Waals surface area contributed by atoms with Crippen molar-refractivity contribution < 1.29 is 4.79 Å². The van der Waals surface area contributed by atoms with Crippen molar-refractivity contribution in [3.63, 3.8) is 0 Å². The number of nitrogens with one attached hydrogen (secondary N) is 2. The standard InChI is InChI=1S/C17H24Cl2N4O/c1-3-20-17(21-11-16(24)23-8-4-5-9-23)22-12(2)14-7-6-13(18)10-15(14)19/h6-7,10,12H,3-5,8-9,11H2,1-2H3,(H2,20,21,22). The first kappa shape index (κ1) is 18.9. The molecule has 1 atom stereocenters. The molecule has 0 aliphatic carbocycles. The quantitative estimate of drug-likeness (QED) is 0.617. The monoisotopic (exact) mass is 370 g/mol. The number of guanidine groups is 1. The van der Waals surface area contributed by atoms with Crippen LogP contribution in [0.3, 0.4) is 0 Å². The van der Waals surface area contributed by atoms with Gasteiger partial charge in [-0.3, -0.25) is 4.79 Å². The molecule has 1 fully saturated rings. The van der Waals surface area contributed by atoms with Crippen molar-refractivity contribution in [1.82, 2.24) is 15.5 Å². The molecule has 0 aromatic heterocycles. The van der Waals surface area contributed by atoms with E-state index in [2.05, 4.69) is 15.6 Å². The van der Waals surface area contributed by atoms with Crippen LogP contribution in [0.4, 0.5) is 0 Å². The lowest BCUT2D eigenvalue weighted by atomic mass is 10.1. The molecular formula is C17H24Cl2N4O. The minimum Gasteiger partial charge on any atom is -0.357 e. The zero-order chi connectivity index (χ0) is 17.5. The predicted octanol–water partition coefficient (Wildman–Crippen LogP) is 3.23. The average Bonchev–Trinajstić information content (AvgIpc) is 3.06. The molecule has 0 bridgehead atoms. The van der Waals surface area contributed by atoms with E-state index in [9.17, 15) is 4.79 Å². The number of carbonyl (C=O) groups excluding carboxylic acids is 1. The number of rotatable bonds is 5. The van der Waals surface area contributed by atoms with Crippen LogP contribution >= 0.6 is 23.2 Å². The summed E-state index contributed by atoms with van der Waals surface area (Å²) in [6, 6.07) is 5.36. The summed E-state index contributed by atoms with van der Waals surface area (Å²) < 4.78 is 0. The highest BCUT2D eigenvalue weighted by molar-refractivity contribution is 6.35. The Hall–Kier alpha value is -1.46. The number of hydrogen-bond acceptors (Lipinski definition) is 2. The summed E-state index contributed by atoms with van der Waals surface area (Å²) in [5.41, 5.74) is 0.928. The van der Waals surface area contributed by atoms with Crippen LogP contribution in [0, 0.1) is 0 Å². The van der Waals surface area contributed by atoms with Gasteiger partial charge in [-0.1, -0.05) is 29.3 Å². The smallest absolute Gasteiger partial charge is 0.244 e. The Bertz CT molecular complexity index is 600. The Balaban J connectivity index is 2.00. The first-order valence-electron chi connectivity index (χ1n) is 8.28. The predicted molar refractivity (Wildman–Crippen MR) is 99.8 cm³/mol. The fourth-order valence-corrected chi connectivity index (χ4v) is 3.24. The van der Waals surface area contributed by atoms with Crippen molar-refractivity contribution in [2.24, 2.45) is 4.99 Å². The summed E-state index contributed by atoms with van der Waals surface area (Å²) in [5, 5.41) is 7.65. The van der Waals surface area contributed by atoms with Crippen molar-refractivity contribution in [3.8, 4) is 0 Å². The highest BCUT2D eigenvalue weighted by atomic mass is 35.5. The van der Waals surface area contributed by atoms with Crippen LogP contribution in [0.5, 0.6) is 0 Å². The van der Waals surface area contributed by atoms with Crippen LogP contribution < -0.4 is 10.6 Å². The number of hydrogen-bond donors (Lipinski definition) is 2. The molecule has 2 rings (SSSR count). The molecule has 1 aliphatic rings. The van der Waals surface area contributed by atoms with E-state index in [0.29, 0.717) is 22.5 Å². The number of aliphatic imine (C=N–C) groups is 1. The summed E-state index contributed by atoms with van der Waals surface area (Å²) in [7, 11) is 0. The second-order valence-corrected chi connectivity index (χ2v) is 6.66. The van der Waals surface area contributed by atoms with E-state index >= 15 is 0 Å². The van der Waals surface area contributed by atoms with Gasteiger partial charge in [0.1, 0.15) is 6.54 Å². The van der Waals surface area contributed by atoms with Gasteiger partial charge >= 0.3 is 0 Å². The molecule has 0 radical (unpaired) electrons. The van der Waals surface area contributed by atoms with Crippen LogP contribution in [-0.2, 0) is 4.79 Å². The molecule has 2 N–H and O–H groups in total. The summed E-state index contributed by atoms with van der Waals surface area (Å²) in [5.74, 6) is 0.672. The molecule has 132 valence electrons. The maximum atomic E-state index is 12.1. The van der Waals surface area contributed by atoms with Crippen LogP contribution in [0.2, 0.25) is 10.0 Å². The fourth-order valence-electron chi connectivity index (χ4n) is 2.67. The maximum absolute atomic E-state index is 12.1. The molecule has 24 heavy (non-hydrogen) atoms.